The highest BCUT2D eigenvalue weighted by Crippen LogP contribution is 2.07. The summed E-state index contributed by atoms with van der Waals surface area (Å²) in [6.45, 7) is 2.99. The van der Waals surface area contributed by atoms with E-state index in [1.54, 1.807) is 11.9 Å². The molecule has 1 unspecified atom stereocenters. The minimum atomic E-state index is -0.0173. The highest BCUT2D eigenvalue weighted by Gasteiger charge is 2.26. The predicted octanol–water partition coefficient (Wildman–Crippen LogP) is -0.976. The summed E-state index contributed by atoms with van der Waals surface area (Å²) in [5, 5.41) is 0. The number of nitrogens with zero attached hydrogens (tertiary/aromatic N) is 2. The van der Waals surface area contributed by atoms with E-state index in [0.29, 0.717) is 19.5 Å². The molecule has 1 aliphatic rings. The molecular formula is C9H17N3O2. The molecule has 0 radical (unpaired) electrons. The molecule has 1 rings (SSSR count). The van der Waals surface area contributed by atoms with E-state index in [0.717, 1.165) is 0 Å². The van der Waals surface area contributed by atoms with Crippen LogP contribution in [0.3, 0.4) is 0 Å². The summed E-state index contributed by atoms with van der Waals surface area (Å²) in [4.78, 5) is 26.1. The smallest absolute Gasteiger partial charge is 0.242 e. The fourth-order valence-electron chi connectivity index (χ4n) is 1.51. The van der Waals surface area contributed by atoms with Gasteiger partial charge in [0.1, 0.15) is 0 Å². The highest BCUT2D eigenvalue weighted by molar-refractivity contribution is 5.87. The van der Waals surface area contributed by atoms with Crippen molar-refractivity contribution in [2.24, 2.45) is 5.73 Å². The summed E-state index contributed by atoms with van der Waals surface area (Å²) < 4.78 is 0. The lowest BCUT2D eigenvalue weighted by Gasteiger charge is -2.26. The molecule has 5 heteroatoms. The standard InChI is InChI=1S/C9H17N3O2/c1-7(5-10)12-4-3-8(13)11(2)6-9(12)14/h7H,3-6,10H2,1-2H3. The first kappa shape index (κ1) is 11.0. The molecular weight excluding hydrogens is 182 g/mol. The number of carbonyl (C=O) groups is 2. The molecule has 1 saturated heterocycles. The van der Waals surface area contributed by atoms with E-state index in [4.69, 9.17) is 5.73 Å². The van der Waals surface area contributed by atoms with Gasteiger partial charge in [0.05, 0.1) is 6.54 Å². The van der Waals surface area contributed by atoms with Crippen molar-refractivity contribution in [3.05, 3.63) is 0 Å². The Kier molecular flexibility index (Phi) is 3.46. The van der Waals surface area contributed by atoms with Crippen LogP contribution >= 0.6 is 0 Å². The van der Waals surface area contributed by atoms with Crippen LogP contribution in [0.5, 0.6) is 0 Å². The molecule has 14 heavy (non-hydrogen) atoms. The number of hydrogen-bond donors (Lipinski definition) is 1. The number of amides is 2. The Morgan fingerprint density at radius 2 is 2.07 bits per heavy atom. The van der Waals surface area contributed by atoms with Crippen molar-refractivity contribution in [2.45, 2.75) is 19.4 Å². The second kappa shape index (κ2) is 4.41. The zero-order chi connectivity index (χ0) is 10.7. The minimum absolute atomic E-state index is 0.0156. The minimum Gasteiger partial charge on any atom is -0.337 e. The van der Waals surface area contributed by atoms with Crippen molar-refractivity contribution in [2.75, 3.05) is 26.7 Å². The second-order valence-corrected chi connectivity index (χ2v) is 3.67. The fraction of sp³-hybridized carbons (Fsp3) is 0.778. The number of nitrogens with two attached hydrogens (primary N) is 1. The first-order valence-corrected chi connectivity index (χ1v) is 4.79. The third-order valence-electron chi connectivity index (χ3n) is 2.56. The van der Waals surface area contributed by atoms with E-state index in [2.05, 4.69) is 0 Å². The Morgan fingerprint density at radius 1 is 1.43 bits per heavy atom. The van der Waals surface area contributed by atoms with Crippen molar-refractivity contribution in [3.63, 3.8) is 0 Å². The summed E-state index contributed by atoms with van der Waals surface area (Å²) in [6, 6.07) is 0.0156. The van der Waals surface area contributed by atoms with Gasteiger partial charge >= 0.3 is 0 Å². The Hall–Kier alpha value is -1.10. The molecule has 0 aromatic carbocycles. The zero-order valence-electron chi connectivity index (χ0n) is 8.69. The second-order valence-electron chi connectivity index (χ2n) is 3.67. The molecule has 2 amide bonds. The molecule has 0 aromatic heterocycles. The van der Waals surface area contributed by atoms with E-state index in [9.17, 15) is 9.59 Å². The summed E-state index contributed by atoms with van der Waals surface area (Å²) in [5.41, 5.74) is 5.49. The van der Waals surface area contributed by atoms with Crippen LogP contribution in [0.25, 0.3) is 0 Å². The number of rotatable bonds is 2. The Balaban J connectivity index is 2.70. The van der Waals surface area contributed by atoms with Crippen LogP contribution in [0.2, 0.25) is 0 Å². The van der Waals surface area contributed by atoms with Crippen molar-refractivity contribution in [1.29, 1.82) is 0 Å². The maximum Gasteiger partial charge on any atom is 0.242 e. The molecule has 0 bridgehead atoms. The van der Waals surface area contributed by atoms with Gasteiger partial charge in [0.15, 0.2) is 0 Å². The molecule has 2 N–H and O–H groups in total. The number of hydrogen-bond acceptors (Lipinski definition) is 3. The van der Waals surface area contributed by atoms with Gasteiger partial charge in [-0.3, -0.25) is 9.59 Å². The van der Waals surface area contributed by atoms with Crippen molar-refractivity contribution < 1.29 is 9.59 Å². The normalized spacial score (nSPS) is 21.1. The van der Waals surface area contributed by atoms with Gasteiger partial charge in [-0.1, -0.05) is 0 Å². The van der Waals surface area contributed by atoms with Crippen LogP contribution < -0.4 is 5.73 Å². The van der Waals surface area contributed by atoms with E-state index in [-0.39, 0.29) is 24.4 Å². The average molecular weight is 199 g/mol. The summed E-state index contributed by atoms with van der Waals surface area (Å²) in [6.07, 6.45) is 0.395. The van der Waals surface area contributed by atoms with Crippen LogP contribution in [0.4, 0.5) is 0 Å². The van der Waals surface area contributed by atoms with Gasteiger partial charge in [-0.2, -0.15) is 0 Å². The molecule has 1 fully saturated rings. The maximum absolute atomic E-state index is 11.6. The lowest BCUT2D eigenvalue weighted by molar-refractivity contribution is -0.135. The molecule has 80 valence electrons. The SMILES string of the molecule is CC(CN)N1CCC(=O)N(C)CC1=O. The van der Waals surface area contributed by atoms with Crippen molar-refractivity contribution >= 4 is 11.8 Å². The van der Waals surface area contributed by atoms with Crippen molar-refractivity contribution in [1.82, 2.24) is 9.80 Å². The molecule has 0 aromatic rings. The maximum atomic E-state index is 11.6. The van der Waals surface area contributed by atoms with Crippen LogP contribution in [-0.4, -0.2) is 54.3 Å². The molecule has 0 saturated carbocycles. The monoisotopic (exact) mass is 199 g/mol. The Labute approximate surface area is 83.8 Å². The molecule has 0 aliphatic carbocycles. The molecule has 1 heterocycles. The predicted molar refractivity (Wildman–Crippen MR) is 52.5 cm³/mol. The van der Waals surface area contributed by atoms with Crippen LogP contribution in [0, 0.1) is 0 Å². The first-order valence-electron chi connectivity index (χ1n) is 4.79. The Morgan fingerprint density at radius 3 is 2.64 bits per heavy atom. The number of likely N-dealkylation sites (N-methyl/N-ethyl adjacent to an activating group) is 1. The molecule has 5 nitrogen and oxygen atoms in total. The van der Waals surface area contributed by atoms with E-state index >= 15 is 0 Å². The fourth-order valence-corrected chi connectivity index (χ4v) is 1.51. The van der Waals surface area contributed by atoms with Gasteiger partial charge in [0.2, 0.25) is 11.8 Å². The van der Waals surface area contributed by atoms with Gasteiger partial charge in [0.25, 0.3) is 0 Å². The highest BCUT2D eigenvalue weighted by atomic mass is 16.2. The summed E-state index contributed by atoms with van der Waals surface area (Å²) in [5.74, 6) is 0.00127. The van der Waals surface area contributed by atoms with E-state index < -0.39 is 0 Å². The lowest BCUT2D eigenvalue weighted by atomic mass is 10.2. The largest absolute Gasteiger partial charge is 0.337 e. The quantitative estimate of drug-likeness (QED) is 0.622. The summed E-state index contributed by atoms with van der Waals surface area (Å²) in [7, 11) is 1.65. The Bertz CT molecular complexity index is 242. The van der Waals surface area contributed by atoms with Gasteiger partial charge in [-0.25, -0.2) is 0 Å². The van der Waals surface area contributed by atoms with E-state index in [1.165, 1.54) is 4.90 Å². The van der Waals surface area contributed by atoms with Crippen molar-refractivity contribution in [3.8, 4) is 0 Å². The van der Waals surface area contributed by atoms with Gasteiger partial charge < -0.3 is 15.5 Å². The third-order valence-corrected chi connectivity index (χ3v) is 2.56. The molecule has 1 atom stereocenters. The number of carbonyl (C=O) groups excluding carboxylic acids is 2. The topological polar surface area (TPSA) is 66.6 Å². The van der Waals surface area contributed by atoms with Crippen LogP contribution in [0.1, 0.15) is 13.3 Å². The van der Waals surface area contributed by atoms with Gasteiger partial charge in [0, 0.05) is 32.6 Å². The summed E-state index contributed by atoms with van der Waals surface area (Å²) >= 11 is 0. The van der Waals surface area contributed by atoms with Crippen LogP contribution in [-0.2, 0) is 9.59 Å². The zero-order valence-corrected chi connectivity index (χ0v) is 8.69. The van der Waals surface area contributed by atoms with Crippen LogP contribution in [0.15, 0.2) is 0 Å². The first-order chi connectivity index (χ1) is 6.56. The van der Waals surface area contributed by atoms with Gasteiger partial charge in [-0.15, -0.1) is 0 Å². The van der Waals surface area contributed by atoms with E-state index in [1.807, 2.05) is 6.92 Å². The third kappa shape index (κ3) is 2.23. The molecule has 0 spiro atoms. The lowest BCUT2D eigenvalue weighted by Crippen LogP contribution is -2.44. The molecule has 1 aliphatic heterocycles. The van der Waals surface area contributed by atoms with Gasteiger partial charge in [-0.05, 0) is 6.92 Å². The average Bonchev–Trinajstić information content (AvgIpc) is 2.27.